The van der Waals surface area contributed by atoms with Crippen molar-refractivity contribution < 1.29 is 19.3 Å². The van der Waals surface area contributed by atoms with Gasteiger partial charge in [-0.25, -0.2) is 15.0 Å². The zero-order valence-corrected chi connectivity index (χ0v) is 24.6. The summed E-state index contributed by atoms with van der Waals surface area (Å²) in [6, 6.07) is 6.34. The highest BCUT2D eigenvalue weighted by Gasteiger charge is 2.47. The van der Waals surface area contributed by atoms with Crippen LogP contribution in [-0.4, -0.2) is 77.8 Å². The van der Waals surface area contributed by atoms with Crippen LogP contribution >= 0.6 is 11.8 Å². The summed E-state index contributed by atoms with van der Waals surface area (Å²) in [5.41, 5.74) is 9.67. The molecular weight excluding hydrogens is 554 g/mol. The molecule has 3 N–H and O–H groups in total. The van der Waals surface area contributed by atoms with Crippen LogP contribution < -0.4 is 20.3 Å². The quantitative estimate of drug-likeness (QED) is 0.295. The normalized spacial score (nSPS) is 23.9. The standard InChI is InChI=1S/C30H37N7O4S/c1-39-18-40-16-19-11-20-17-41-26-24(4-8-33-29(26)37(20)14-19)42-25-13-34-28(23(15-38)35-25)36-9-5-30(6-10-36)12-22-21(27(30)31)3-2-7-32-22/h2-4,7-8,13,19-20,27,38H,5-6,9-12,14-18,31H2,1H3/t19-,20+,27+/m0/s1. The molecule has 2 fully saturated rings. The summed E-state index contributed by atoms with van der Waals surface area (Å²) >= 11 is 1.49. The van der Waals surface area contributed by atoms with E-state index in [9.17, 15) is 5.11 Å². The van der Waals surface area contributed by atoms with Crippen molar-refractivity contribution in [3.63, 3.8) is 0 Å². The number of pyridine rings is 2. The second-order valence-electron chi connectivity index (χ2n) is 11.7. The fraction of sp³-hybridized carbons (Fsp3) is 0.533. The Balaban J connectivity index is 1.04. The first-order chi connectivity index (χ1) is 20.6. The molecule has 4 aliphatic rings. The number of aliphatic hydroxyl groups is 1. The molecule has 1 aliphatic carbocycles. The number of hydrogen-bond donors (Lipinski definition) is 2. The highest BCUT2D eigenvalue weighted by molar-refractivity contribution is 7.99. The Hall–Kier alpha value is -3.03. The largest absolute Gasteiger partial charge is 0.486 e. The van der Waals surface area contributed by atoms with Crippen molar-refractivity contribution in [2.45, 2.75) is 54.3 Å². The van der Waals surface area contributed by atoms with Crippen molar-refractivity contribution >= 4 is 23.4 Å². The number of nitrogens with zero attached hydrogens (tertiary/aromatic N) is 6. The molecule has 7 rings (SSSR count). The fourth-order valence-electron chi connectivity index (χ4n) is 7.11. The van der Waals surface area contributed by atoms with Crippen LogP contribution in [0.25, 0.3) is 0 Å². The molecule has 0 bridgehead atoms. The minimum absolute atomic E-state index is 0.00440. The number of fused-ring (bicyclic) bond motifs is 4. The number of ether oxygens (including phenoxy) is 3. The van der Waals surface area contributed by atoms with E-state index in [1.54, 1.807) is 13.3 Å². The van der Waals surface area contributed by atoms with Gasteiger partial charge in [0, 0.05) is 56.8 Å². The average molecular weight is 592 g/mol. The topological polar surface area (TPSA) is 132 Å². The zero-order valence-electron chi connectivity index (χ0n) is 23.8. The van der Waals surface area contributed by atoms with Gasteiger partial charge in [0.15, 0.2) is 17.4 Å². The number of rotatable bonds is 8. The Morgan fingerprint density at radius 1 is 1.17 bits per heavy atom. The van der Waals surface area contributed by atoms with Gasteiger partial charge in [-0.05, 0) is 48.8 Å². The molecule has 3 aromatic rings. The number of anilines is 2. The van der Waals surface area contributed by atoms with Gasteiger partial charge >= 0.3 is 0 Å². The molecule has 0 radical (unpaired) electrons. The first-order valence-electron chi connectivity index (χ1n) is 14.6. The van der Waals surface area contributed by atoms with E-state index in [0.717, 1.165) is 73.3 Å². The van der Waals surface area contributed by atoms with Gasteiger partial charge in [0.25, 0.3) is 0 Å². The molecule has 0 amide bonds. The first-order valence-corrected chi connectivity index (χ1v) is 15.4. The first kappa shape index (κ1) is 27.8. The van der Waals surface area contributed by atoms with E-state index < -0.39 is 0 Å². The molecular formula is C30H37N7O4S. The Morgan fingerprint density at radius 3 is 2.86 bits per heavy atom. The third-order valence-electron chi connectivity index (χ3n) is 9.26. The van der Waals surface area contributed by atoms with Crippen LogP contribution in [0, 0.1) is 11.3 Å². The Morgan fingerprint density at radius 2 is 2.05 bits per heavy atom. The monoisotopic (exact) mass is 591 g/mol. The lowest BCUT2D eigenvalue weighted by Crippen LogP contribution is -2.45. The van der Waals surface area contributed by atoms with E-state index in [1.165, 1.54) is 17.3 Å². The summed E-state index contributed by atoms with van der Waals surface area (Å²) in [4.78, 5) is 24.4. The molecule has 3 atom stereocenters. The van der Waals surface area contributed by atoms with Crippen LogP contribution in [0.2, 0.25) is 0 Å². The minimum atomic E-state index is -0.180. The van der Waals surface area contributed by atoms with E-state index in [4.69, 9.17) is 29.9 Å². The van der Waals surface area contributed by atoms with Crippen molar-refractivity contribution in [1.82, 2.24) is 19.9 Å². The number of aromatic nitrogens is 4. The summed E-state index contributed by atoms with van der Waals surface area (Å²) in [6.45, 7) is 3.90. The third kappa shape index (κ3) is 4.98. The molecule has 3 aliphatic heterocycles. The van der Waals surface area contributed by atoms with Crippen LogP contribution in [0.15, 0.2) is 46.7 Å². The molecule has 12 heteroatoms. The average Bonchev–Trinajstić information content (AvgIpc) is 3.56. The molecule has 11 nitrogen and oxygen atoms in total. The summed E-state index contributed by atoms with van der Waals surface area (Å²) < 4.78 is 16.9. The van der Waals surface area contributed by atoms with Gasteiger partial charge in [-0.15, -0.1) is 0 Å². The molecule has 0 saturated carbocycles. The second-order valence-corrected chi connectivity index (χ2v) is 12.8. The maximum atomic E-state index is 10.3. The van der Waals surface area contributed by atoms with Gasteiger partial charge in [-0.1, -0.05) is 17.8 Å². The van der Waals surface area contributed by atoms with Crippen LogP contribution in [0.4, 0.5) is 11.6 Å². The van der Waals surface area contributed by atoms with Crippen LogP contribution in [0.3, 0.4) is 0 Å². The third-order valence-corrected chi connectivity index (χ3v) is 10.2. The number of nitrogens with two attached hydrogens (primary N) is 1. The summed E-state index contributed by atoms with van der Waals surface area (Å²) in [7, 11) is 1.64. The van der Waals surface area contributed by atoms with E-state index >= 15 is 0 Å². The number of aliphatic hydroxyl groups excluding tert-OH is 1. The molecule has 42 heavy (non-hydrogen) atoms. The van der Waals surface area contributed by atoms with Gasteiger partial charge in [-0.3, -0.25) is 4.98 Å². The zero-order chi connectivity index (χ0) is 28.7. The van der Waals surface area contributed by atoms with Gasteiger partial charge in [-0.2, -0.15) is 0 Å². The number of hydrogen-bond acceptors (Lipinski definition) is 12. The van der Waals surface area contributed by atoms with Crippen molar-refractivity contribution in [3.05, 3.63) is 53.7 Å². The lowest BCUT2D eigenvalue weighted by atomic mass is 9.73. The number of methoxy groups -OCH3 is 1. The molecule has 0 aromatic carbocycles. The van der Waals surface area contributed by atoms with Gasteiger partial charge < -0.3 is 34.9 Å². The van der Waals surface area contributed by atoms with Crippen molar-refractivity contribution in [3.8, 4) is 5.75 Å². The van der Waals surface area contributed by atoms with E-state index in [0.29, 0.717) is 36.6 Å². The van der Waals surface area contributed by atoms with E-state index in [-0.39, 0.29) is 24.1 Å². The predicted octanol–water partition coefficient (Wildman–Crippen LogP) is 2.96. The molecule has 2 saturated heterocycles. The van der Waals surface area contributed by atoms with Crippen LogP contribution in [-0.2, 0) is 22.5 Å². The van der Waals surface area contributed by atoms with Gasteiger partial charge in [0.1, 0.15) is 24.1 Å². The lowest BCUT2D eigenvalue weighted by Gasteiger charge is -2.42. The molecule has 3 aromatic heterocycles. The van der Waals surface area contributed by atoms with Gasteiger partial charge in [0.2, 0.25) is 0 Å². The van der Waals surface area contributed by atoms with Crippen molar-refractivity contribution in [2.24, 2.45) is 17.1 Å². The molecule has 0 unspecified atom stereocenters. The Bertz CT molecular complexity index is 1440. The van der Waals surface area contributed by atoms with Crippen molar-refractivity contribution in [2.75, 3.05) is 56.6 Å². The Labute approximate surface area is 249 Å². The number of piperidine rings is 1. The molecule has 6 heterocycles. The fourth-order valence-corrected chi connectivity index (χ4v) is 7.97. The van der Waals surface area contributed by atoms with E-state index in [2.05, 4.69) is 25.8 Å². The van der Waals surface area contributed by atoms with Gasteiger partial charge in [0.05, 0.1) is 30.3 Å². The van der Waals surface area contributed by atoms with Crippen LogP contribution in [0.5, 0.6) is 5.75 Å². The maximum absolute atomic E-state index is 10.3. The van der Waals surface area contributed by atoms with E-state index in [1.807, 2.05) is 24.5 Å². The Kier molecular flexibility index (Phi) is 7.65. The SMILES string of the molecule is COCOC[C@H]1C[C@@H]2COc3c(Sc4cnc(N5CCC6(CC5)Cc5ncccc5[C@H]6N)c(CO)n4)ccnc3N2C1. The lowest BCUT2D eigenvalue weighted by molar-refractivity contribution is -0.0414. The highest BCUT2D eigenvalue weighted by Crippen LogP contribution is 2.50. The second kappa shape index (κ2) is 11.6. The summed E-state index contributed by atoms with van der Waals surface area (Å²) in [5.74, 6) is 2.79. The predicted molar refractivity (Wildman–Crippen MR) is 158 cm³/mol. The maximum Gasteiger partial charge on any atom is 0.175 e. The summed E-state index contributed by atoms with van der Waals surface area (Å²) in [5, 5.41) is 11.0. The smallest absolute Gasteiger partial charge is 0.175 e. The molecule has 222 valence electrons. The minimum Gasteiger partial charge on any atom is -0.486 e. The summed E-state index contributed by atoms with van der Waals surface area (Å²) in [6.07, 6.45) is 9.29. The van der Waals surface area contributed by atoms with Crippen LogP contribution in [0.1, 0.15) is 42.3 Å². The van der Waals surface area contributed by atoms with Crippen molar-refractivity contribution in [1.29, 1.82) is 0 Å². The molecule has 1 spiro atoms. The highest BCUT2D eigenvalue weighted by atomic mass is 32.2.